The van der Waals surface area contributed by atoms with Gasteiger partial charge in [0.1, 0.15) is 19.7 Å². The van der Waals surface area contributed by atoms with Crippen LogP contribution >= 0.6 is 11.6 Å². The molecule has 0 bridgehead atoms. The number of fused-ring (bicyclic) bond motifs is 1. The molecule has 1 atom stereocenters. The lowest BCUT2D eigenvalue weighted by atomic mass is 10.0. The minimum absolute atomic E-state index is 0.0209. The fourth-order valence-corrected chi connectivity index (χ4v) is 5.70. The van der Waals surface area contributed by atoms with Crippen LogP contribution in [0, 0.1) is 5.82 Å². The largest absolute Gasteiger partial charge is 0.355 e. The fourth-order valence-electron chi connectivity index (χ4n) is 5.45. The Bertz CT molecular complexity index is 1880. The summed E-state index contributed by atoms with van der Waals surface area (Å²) in [6.45, 7) is 9.16. The van der Waals surface area contributed by atoms with E-state index < -0.39 is 24.4 Å². The van der Waals surface area contributed by atoms with Crippen LogP contribution < -0.4 is 10.6 Å². The number of pyridine rings is 2. The molecule has 1 aliphatic rings. The molecule has 0 aliphatic carbocycles. The van der Waals surface area contributed by atoms with Gasteiger partial charge in [-0.2, -0.15) is 4.98 Å². The third-order valence-corrected chi connectivity index (χ3v) is 7.79. The summed E-state index contributed by atoms with van der Waals surface area (Å²) in [6.07, 6.45) is 1.54. The van der Waals surface area contributed by atoms with Gasteiger partial charge in [0.2, 0.25) is 5.91 Å². The van der Waals surface area contributed by atoms with Crippen molar-refractivity contribution in [3.05, 3.63) is 87.3 Å². The number of piperazine rings is 1. The Balaban J connectivity index is 1.87. The van der Waals surface area contributed by atoms with E-state index in [9.17, 15) is 18.8 Å². The van der Waals surface area contributed by atoms with Gasteiger partial charge in [-0.3, -0.25) is 14.6 Å². The predicted octanol–water partition coefficient (Wildman–Crippen LogP) is 5.26. The molecule has 9 nitrogen and oxygen atoms in total. The summed E-state index contributed by atoms with van der Waals surface area (Å²) in [4.78, 5) is 55.5. The summed E-state index contributed by atoms with van der Waals surface area (Å²) in [5, 5.41) is 0.236. The number of carbonyl (C=O) groups excluding carboxylic acids is 2. The van der Waals surface area contributed by atoms with Gasteiger partial charge in [-0.15, -0.1) is 0 Å². The van der Waals surface area contributed by atoms with Crippen molar-refractivity contribution in [1.29, 1.82) is 0 Å². The number of aldehydes is 1. The molecule has 4 heterocycles. The molecule has 1 fully saturated rings. The van der Waals surface area contributed by atoms with Gasteiger partial charge in [0.25, 0.3) is 0 Å². The standard InChI is InChI=1S/C31H29ClF2N6O3/c1-5-24(42)38-11-12-39(18(4)15-38)29-21-13-22(32)27(25-20(16-41)7-6-8-23(25)34)36-30(21)40(31(43)37-29)28-19(14-33)9-10-35-26(28)17(2)3/h5-10,13,16-18H,1,11-12,14-15H2,2-4H3/t18-/m0/s1/i16D. The number of anilines is 1. The second-order valence-corrected chi connectivity index (χ2v) is 10.9. The minimum atomic E-state index is -1.15. The molecule has 43 heavy (non-hydrogen) atoms. The fraction of sp³-hybridized carbons (Fsp3) is 0.290. The number of hydrogen-bond donors (Lipinski definition) is 0. The maximum absolute atomic E-state index is 15.3. The molecule has 1 aliphatic heterocycles. The molecular formula is C31H29ClF2N6O3. The van der Waals surface area contributed by atoms with Crippen molar-refractivity contribution in [3.63, 3.8) is 0 Å². The second-order valence-electron chi connectivity index (χ2n) is 10.5. The van der Waals surface area contributed by atoms with E-state index in [1.54, 1.807) is 4.90 Å². The van der Waals surface area contributed by atoms with Crippen LogP contribution in [0.4, 0.5) is 14.6 Å². The number of nitrogens with zero attached hydrogens (tertiary/aromatic N) is 6. The lowest BCUT2D eigenvalue weighted by Crippen LogP contribution is -2.54. The molecule has 1 aromatic carbocycles. The highest BCUT2D eigenvalue weighted by Crippen LogP contribution is 2.37. The minimum Gasteiger partial charge on any atom is -0.350 e. The third kappa shape index (κ3) is 5.29. The summed E-state index contributed by atoms with van der Waals surface area (Å²) in [7, 11) is 0. The van der Waals surface area contributed by atoms with Gasteiger partial charge in [-0.25, -0.2) is 23.1 Å². The van der Waals surface area contributed by atoms with E-state index in [2.05, 4.69) is 21.5 Å². The Kier molecular flexibility index (Phi) is 7.98. The second kappa shape index (κ2) is 12.0. The van der Waals surface area contributed by atoms with Gasteiger partial charge in [0.05, 0.1) is 27.5 Å². The molecule has 0 spiro atoms. The Morgan fingerprint density at radius 2 is 2.05 bits per heavy atom. The number of alkyl halides is 1. The van der Waals surface area contributed by atoms with Crippen LogP contribution in [0.25, 0.3) is 28.0 Å². The monoisotopic (exact) mass is 607 g/mol. The summed E-state index contributed by atoms with van der Waals surface area (Å²) < 4.78 is 38.6. The first-order chi connectivity index (χ1) is 21.0. The quantitative estimate of drug-likeness (QED) is 0.209. The summed E-state index contributed by atoms with van der Waals surface area (Å²) in [5.74, 6) is -1.08. The first-order valence-corrected chi connectivity index (χ1v) is 14.0. The zero-order valence-corrected chi connectivity index (χ0v) is 24.5. The van der Waals surface area contributed by atoms with E-state index in [0.717, 1.165) is 10.6 Å². The zero-order valence-electron chi connectivity index (χ0n) is 24.8. The van der Waals surface area contributed by atoms with Crippen LogP contribution in [0.1, 0.15) is 49.7 Å². The molecule has 0 N–H and O–H groups in total. The lowest BCUT2D eigenvalue weighted by molar-refractivity contribution is -0.126. The Morgan fingerprint density at radius 1 is 1.28 bits per heavy atom. The van der Waals surface area contributed by atoms with Gasteiger partial charge in [0.15, 0.2) is 11.9 Å². The molecule has 0 unspecified atom stereocenters. The molecule has 1 amide bonds. The average molecular weight is 608 g/mol. The van der Waals surface area contributed by atoms with Crippen molar-refractivity contribution in [1.82, 2.24) is 24.4 Å². The van der Waals surface area contributed by atoms with Crippen molar-refractivity contribution in [2.75, 3.05) is 24.5 Å². The van der Waals surface area contributed by atoms with Crippen LogP contribution in [0.5, 0.6) is 0 Å². The molecule has 3 aromatic heterocycles. The number of aromatic nitrogens is 4. The van der Waals surface area contributed by atoms with E-state index in [1.165, 1.54) is 36.5 Å². The molecule has 222 valence electrons. The maximum atomic E-state index is 15.3. The normalized spacial score (nSPS) is 15.6. The zero-order chi connectivity index (χ0) is 31.9. The predicted molar refractivity (Wildman–Crippen MR) is 161 cm³/mol. The van der Waals surface area contributed by atoms with Gasteiger partial charge in [-0.1, -0.05) is 44.2 Å². The average Bonchev–Trinajstić information content (AvgIpc) is 3.00. The van der Waals surface area contributed by atoms with Crippen molar-refractivity contribution < 1.29 is 19.7 Å². The van der Waals surface area contributed by atoms with Crippen molar-refractivity contribution in [2.45, 2.75) is 39.4 Å². The number of hydrogen-bond acceptors (Lipinski definition) is 7. The third-order valence-electron chi connectivity index (χ3n) is 7.50. The van der Waals surface area contributed by atoms with Crippen LogP contribution in [0.2, 0.25) is 5.02 Å². The number of halogens is 3. The van der Waals surface area contributed by atoms with Gasteiger partial charge >= 0.3 is 5.69 Å². The molecule has 12 heteroatoms. The van der Waals surface area contributed by atoms with E-state index >= 15 is 4.39 Å². The lowest BCUT2D eigenvalue weighted by Gasteiger charge is -2.40. The van der Waals surface area contributed by atoms with Gasteiger partial charge < -0.3 is 9.80 Å². The van der Waals surface area contributed by atoms with Crippen LogP contribution in [-0.4, -0.2) is 62.3 Å². The first kappa shape index (κ1) is 28.6. The molecule has 0 radical (unpaired) electrons. The van der Waals surface area contributed by atoms with E-state index in [-0.39, 0.29) is 62.4 Å². The number of benzene rings is 1. The van der Waals surface area contributed by atoms with Crippen LogP contribution in [-0.2, 0) is 11.5 Å². The molecular weight excluding hydrogens is 578 g/mol. The Labute approximate surface area is 252 Å². The Morgan fingerprint density at radius 3 is 2.70 bits per heavy atom. The molecule has 0 saturated carbocycles. The first-order valence-electron chi connectivity index (χ1n) is 14.1. The highest BCUT2D eigenvalue weighted by Gasteiger charge is 2.31. The number of carbonyl (C=O) groups is 2. The number of amides is 1. The SMILES string of the molecule is [2H]C(=O)c1cccc(F)c1-c1nc2c(cc1Cl)c(N1CCN(C(=O)C=C)C[C@@H]1C)nc(=O)n2-c1c(CF)ccnc1C(C)C. The van der Waals surface area contributed by atoms with Crippen molar-refractivity contribution in [2.24, 2.45) is 0 Å². The van der Waals surface area contributed by atoms with Crippen molar-refractivity contribution in [3.8, 4) is 16.9 Å². The van der Waals surface area contributed by atoms with Crippen LogP contribution in [0.3, 0.4) is 0 Å². The molecule has 1 saturated heterocycles. The molecule has 4 aromatic rings. The number of rotatable bonds is 7. The van der Waals surface area contributed by atoms with E-state index in [4.69, 9.17) is 13.0 Å². The van der Waals surface area contributed by atoms with Crippen molar-refractivity contribution >= 4 is 40.6 Å². The van der Waals surface area contributed by atoms with E-state index in [0.29, 0.717) is 30.7 Å². The molecule has 5 rings (SSSR count). The highest BCUT2D eigenvalue weighted by molar-refractivity contribution is 6.34. The van der Waals surface area contributed by atoms with Crippen LogP contribution in [0.15, 0.2) is 54.0 Å². The van der Waals surface area contributed by atoms with Gasteiger partial charge in [0, 0.05) is 48.6 Å². The smallest absolute Gasteiger partial charge is 0.350 e. The Hall–Kier alpha value is -4.51. The van der Waals surface area contributed by atoms with Gasteiger partial charge in [-0.05, 0) is 37.1 Å². The summed E-state index contributed by atoms with van der Waals surface area (Å²) >= 11 is 6.72. The topological polar surface area (TPSA) is 101 Å². The summed E-state index contributed by atoms with van der Waals surface area (Å²) in [5.41, 5.74) is -0.835. The summed E-state index contributed by atoms with van der Waals surface area (Å²) in [6, 6.07) is 6.32. The maximum Gasteiger partial charge on any atom is 0.355 e. The highest BCUT2D eigenvalue weighted by atomic mass is 35.5. The van der Waals surface area contributed by atoms with E-state index in [1.807, 2.05) is 25.7 Å².